The van der Waals surface area contributed by atoms with Gasteiger partial charge in [0.1, 0.15) is 0 Å². The Labute approximate surface area is 295 Å². The average molecular weight is 667 g/mol. The predicted molar refractivity (Wildman–Crippen MR) is 197 cm³/mol. The summed E-state index contributed by atoms with van der Waals surface area (Å²) in [5, 5.41) is 11.0. The van der Waals surface area contributed by atoms with Crippen LogP contribution in [0.15, 0.2) is 11.6 Å². The molecule has 0 aromatic heterocycles. The lowest BCUT2D eigenvalue weighted by Crippen LogP contribution is -2.66. The molecule has 1 N–H and O–H groups in total. The molecule has 0 amide bonds. The van der Waals surface area contributed by atoms with Gasteiger partial charge in [-0.3, -0.25) is 9.59 Å². The van der Waals surface area contributed by atoms with Crippen LogP contribution in [0.1, 0.15) is 190 Å². The maximum absolute atomic E-state index is 14.6. The van der Waals surface area contributed by atoms with Gasteiger partial charge < -0.3 is 9.84 Å². The third kappa shape index (κ3) is 6.65. The van der Waals surface area contributed by atoms with Gasteiger partial charge in [-0.25, -0.2) is 0 Å². The SMILES string of the molecule is CCCCCCCCCCCCCCOC(=O)[C@@]1(C)CC[C@]2(C)CC[C@]3(C)C(=CC(=O)[C@@H]4[C@@]5(C)CC[C@H](O)C(C)(C)[C@@H]5CC[C@]43C)[C@@H]2C1. The van der Waals surface area contributed by atoms with Gasteiger partial charge >= 0.3 is 5.97 Å². The van der Waals surface area contributed by atoms with Gasteiger partial charge in [-0.1, -0.05) is 125 Å². The van der Waals surface area contributed by atoms with Crippen molar-refractivity contribution in [3.63, 3.8) is 0 Å². The first-order valence-electron chi connectivity index (χ1n) is 20.7. The molecule has 274 valence electrons. The van der Waals surface area contributed by atoms with Crippen LogP contribution in [0, 0.1) is 50.2 Å². The van der Waals surface area contributed by atoms with Crippen LogP contribution in [0.4, 0.5) is 0 Å². The Morgan fingerprint density at radius 1 is 0.771 bits per heavy atom. The van der Waals surface area contributed by atoms with Gasteiger partial charge in [0.05, 0.1) is 18.1 Å². The van der Waals surface area contributed by atoms with Crippen molar-refractivity contribution in [3.8, 4) is 0 Å². The third-order valence-electron chi connectivity index (χ3n) is 16.3. The second-order valence-electron chi connectivity index (χ2n) is 19.7. The molecule has 0 bridgehead atoms. The Balaban J connectivity index is 1.20. The quantitative estimate of drug-likeness (QED) is 0.148. The molecule has 0 heterocycles. The lowest BCUT2D eigenvalue weighted by molar-refractivity contribution is -0.202. The van der Waals surface area contributed by atoms with Gasteiger partial charge in [-0.2, -0.15) is 0 Å². The van der Waals surface area contributed by atoms with Crippen molar-refractivity contribution in [1.82, 2.24) is 0 Å². The number of hydrogen-bond donors (Lipinski definition) is 1. The van der Waals surface area contributed by atoms with Crippen LogP contribution in [0.3, 0.4) is 0 Å². The van der Waals surface area contributed by atoms with Crippen molar-refractivity contribution in [2.45, 2.75) is 196 Å². The normalized spacial score (nSPS) is 41.8. The van der Waals surface area contributed by atoms with Gasteiger partial charge in [0.25, 0.3) is 0 Å². The number of unbranched alkanes of at least 4 members (excludes halogenated alkanes) is 11. The van der Waals surface area contributed by atoms with E-state index in [-0.39, 0.29) is 51.0 Å². The number of fused-ring (bicyclic) bond motifs is 7. The summed E-state index contributed by atoms with van der Waals surface area (Å²) in [7, 11) is 0. The molecule has 0 aliphatic heterocycles. The number of rotatable bonds is 14. The number of carbonyl (C=O) groups excluding carboxylic acids is 2. The summed E-state index contributed by atoms with van der Waals surface area (Å²) in [4.78, 5) is 28.3. The Hall–Kier alpha value is -1.16. The smallest absolute Gasteiger partial charge is 0.311 e. The second kappa shape index (κ2) is 14.5. The molecule has 0 radical (unpaired) electrons. The highest BCUT2D eigenvalue weighted by Crippen LogP contribution is 2.75. The zero-order chi connectivity index (χ0) is 35.0. The first-order chi connectivity index (χ1) is 22.6. The largest absolute Gasteiger partial charge is 0.465 e. The third-order valence-corrected chi connectivity index (χ3v) is 16.3. The van der Waals surface area contributed by atoms with E-state index in [9.17, 15) is 14.7 Å². The number of esters is 1. The Morgan fingerprint density at radius 2 is 1.35 bits per heavy atom. The van der Waals surface area contributed by atoms with E-state index in [0.29, 0.717) is 18.3 Å². The molecule has 4 heteroatoms. The molecule has 9 atom stereocenters. The first kappa shape index (κ1) is 38.1. The van der Waals surface area contributed by atoms with Crippen molar-refractivity contribution in [2.24, 2.45) is 50.2 Å². The Bertz CT molecular complexity index is 1190. The maximum Gasteiger partial charge on any atom is 0.311 e. The van der Waals surface area contributed by atoms with Crippen molar-refractivity contribution < 1.29 is 19.4 Å². The maximum atomic E-state index is 14.6. The Kier molecular flexibility index (Phi) is 11.5. The number of ketones is 1. The van der Waals surface area contributed by atoms with E-state index in [1.54, 1.807) is 0 Å². The molecule has 4 nitrogen and oxygen atoms in total. The van der Waals surface area contributed by atoms with Crippen LogP contribution in [-0.4, -0.2) is 29.6 Å². The summed E-state index contributed by atoms with van der Waals surface area (Å²) in [5.74, 6) is 0.898. The van der Waals surface area contributed by atoms with Gasteiger partial charge in [0.2, 0.25) is 0 Å². The fraction of sp³-hybridized carbons (Fsp3) is 0.909. The van der Waals surface area contributed by atoms with Gasteiger partial charge in [-0.15, -0.1) is 0 Å². The van der Waals surface area contributed by atoms with Crippen molar-refractivity contribution in [3.05, 3.63) is 11.6 Å². The van der Waals surface area contributed by atoms with Crippen LogP contribution in [0.25, 0.3) is 0 Å². The van der Waals surface area contributed by atoms with E-state index in [1.807, 2.05) is 0 Å². The molecule has 5 rings (SSSR count). The van der Waals surface area contributed by atoms with E-state index in [1.165, 1.54) is 69.8 Å². The van der Waals surface area contributed by atoms with E-state index in [0.717, 1.165) is 70.6 Å². The highest BCUT2D eigenvalue weighted by atomic mass is 16.5. The highest BCUT2D eigenvalue weighted by Gasteiger charge is 2.70. The number of allylic oxidation sites excluding steroid dienone is 2. The van der Waals surface area contributed by atoms with Crippen molar-refractivity contribution in [1.29, 1.82) is 0 Å². The summed E-state index contributed by atoms with van der Waals surface area (Å²) in [6, 6.07) is 0. The molecule has 0 saturated heterocycles. The summed E-state index contributed by atoms with van der Waals surface area (Å²) in [6.07, 6.45) is 26.3. The first-order valence-corrected chi connectivity index (χ1v) is 20.7. The fourth-order valence-electron chi connectivity index (χ4n) is 12.6. The van der Waals surface area contributed by atoms with Crippen LogP contribution < -0.4 is 0 Å². The fourth-order valence-corrected chi connectivity index (χ4v) is 12.6. The lowest BCUT2D eigenvalue weighted by Gasteiger charge is -2.70. The van der Waals surface area contributed by atoms with Gasteiger partial charge in [0, 0.05) is 5.92 Å². The minimum Gasteiger partial charge on any atom is -0.465 e. The van der Waals surface area contributed by atoms with Crippen molar-refractivity contribution in [2.75, 3.05) is 6.61 Å². The molecule has 0 aromatic rings. The zero-order valence-corrected chi connectivity index (χ0v) is 32.6. The molecule has 4 saturated carbocycles. The molecule has 4 fully saturated rings. The number of ether oxygens (including phenoxy) is 1. The minimum absolute atomic E-state index is 0.0101. The standard InChI is InChI=1S/C44H74O4/c1-9-10-11-12-13-14-15-16-17-18-19-20-29-48-38(47)41(5)26-25-40(4)27-28-43(7)32(33(40)31-41)30-34(45)37-42(6)23-22-36(46)39(2,3)35(42)21-24-44(37,43)8/h30,33,35-37,46H,9-29,31H2,1-8H3/t33-,35-,36-,37+,40+,41-,42-,43+,44+/m0/s1. The molecule has 0 aromatic carbocycles. The van der Waals surface area contributed by atoms with Crippen LogP contribution in [-0.2, 0) is 14.3 Å². The molecule has 0 spiro atoms. The zero-order valence-electron chi connectivity index (χ0n) is 32.6. The number of hydrogen-bond acceptors (Lipinski definition) is 4. The van der Waals surface area contributed by atoms with E-state index in [2.05, 4.69) is 61.5 Å². The average Bonchev–Trinajstić information content (AvgIpc) is 3.03. The molecular formula is C44H74O4. The Morgan fingerprint density at radius 3 is 1.98 bits per heavy atom. The summed E-state index contributed by atoms with van der Waals surface area (Å²) < 4.78 is 6.03. The van der Waals surface area contributed by atoms with Crippen LogP contribution in [0.5, 0.6) is 0 Å². The lowest BCUT2D eigenvalue weighted by atomic mass is 9.33. The van der Waals surface area contributed by atoms with Gasteiger partial charge in [-0.05, 0) is 116 Å². The van der Waals surface area contributed by atoms with Crippen molar-refractivity contribution >= 4 is 11.8 Å². The second-order valence-corrected chi connectivity index (χ2v) is 19.7. The number of carbonyl (C=O) groups is 2. The number of aliphatic hydroxyl groups excluding tert-OH is 1. The summed E-state index contributed by atoms with van der Waals surface area (Å²) in [6.45, 7) is 19.2. The summed E-state index contributed by atoms with van der Waals surface area (Å²) in [5.41, 5.74) is 0.553. The van der Waals surface area contributed by atoms with Gasteiger partial charge in [0.15, 0.2) is 5.78 Å². The summed E-state index contributed by atoms with van der Waals surface area (Å²) >= 11 is 0. The van der Waals surface area contributed by atoms with E-state index >= 15 is 0 Å². The van der Waals surface area contributed by atoms with E-state index in [4.69, 9.17) is 4.74 Å². The molecule has 0 unspecified atom stereocenters. The highest BCUT2D eigenvalue weighted by molar-refractivity contribution is 5.95. The number of aliphatic hydroxyl groups is 1. The topological polar surface area (TPSA) is 63.6 Å². The predicted octanol–water partition coefficient (Wildman–Crippen LogP) is 11.6. The minimum atomic E-state index is -0.492. The molecule has 48 heavy (non-hydrogen) atoms. The van der Waals surface area contributed by atoms with E-state index < -0.39 is 5.41 Å². The monoisotopic (exact) mass is 667 g/mol. The molecule has 5 aliphatic rings. The molecule has 5 aliphatic carbocycles. The van der Waals surface area contributed by atoms with Crippen LogP contribution >= 0.6 is 0 Å². The molecular weight excluding hydrogens is 592 g/mol. The van der Waals surface area contributed by atoms with Crippen LogP contribution in [0.2, 0.25) is 0 Å².